The first-order chi connectivity index (χ1) is 12.4. The highest BCUT2D eigenvalue weighted by atomic mass is 16.5. The molecule has 0 bridgehead atoms. The zero-order valence-corrected chi connectivity index (χ0v) is 14.0. The van der Waals surface area contributed by atoms with E-state index in [4.69, 9.17) is 10.5 Å². The molecule has 3 heterocycles. The van der Waals surface area contributed by atoms with Gasteiger partial charge in [-0.2, -0.15) is 0 Å². The number of nitrogens with zero attached hydrogens (tertiary/aromatic N) is 2. The predicted molar refractivity (Wildman–Crippen MR) is 94.8 cm³/mol. The van der Waals surface area contributed by atoms with Crippen molar-refractivity contribution in [2.75, 3.05) is 12.8 Å². The highest BCUT2D eigenvalue weighted by Gasteiger charge is 2.32. The van der Waals surface area contributed by atoms with Crippen LogP contribution < -0.4 is 21.3 Å². The molecule has 1 aromatic carbocycles. The van der Waals surface area contributed by atoms with E-state index in [2.05, 4.69) is 10.3 Å². The number of rotatable bonds is 2. The van der Waals surface area contributed by atoms with Gasteiger partial charge < -0.3 is 10.5 Å². The number of nitrogens with one attached hydrogen (secondary N) is 1. The van der Waals surface area contributed by atoms with Gasteiger partial charge in [0, 0.05) is 17.1 Å². The molecule has 0 aliphatic carbocycles. The van der Waals surface area contributed by atoms with Gasteiger partial charge in [0.15, 0.2) is 0 Å². The maximum absolute atomic E-state index is 12.7. The minimum Gasteiger partial charge on any atom is -0.494 e. The number of benzene rings is 1. The number of imide groups is 1. The molecule has 3 N–H and O–H groups in total. The number of methoxy groups -OCH3 is 1. The van der Waals surface area contributed by atoms with Crippen LogP contribution in [0, 0.1) is 6.92 Å². The normalized spacial score (nSPS) is 13.0. The van der Waals surface area contributed by atoms with Crippen LogP contribution in [0.1, 0.15) is 26.4 Å². The van der Waals surface area contributed by atoms with Crippen molar-refractivity contribution in [1.82, 2.24) is 14.9 Å². The number of nitrogens with two attached hydrogens (primary N) is 1. The Balaban J connectivity index is 2.10. The lowest BCUT2D eigenvalue weighted by Gasteiger charge is -2.15. The van der Waals surface area contributed by atoms with Crippen LogP contribution in [0.15, 0.2) is 35.1 Å². The number of anilines is 1. The Bertz CT molecular complexity index is 1180. The molecule has 0 fully saturated rings. The van der Waals surface area contributed by atoms with Crippen molar-refractivity contribution in [3.8, 4) is 11.4 Å². The average molecular weight is 350 g/mol. The third kappa shape index (κ3) is 2.08. The molecule has 130 valence electrons. The van der Waals surface area contributed by atoms with Gasteiger partial charge in [-0.3, -0.25) is 24.3 Å². The van der Waals surface area contributed by atoms with E-state index in [-0.39, 0.29) is 16.9 Å². The number of fused-ring (bicyclic) bond motifs is 2. The van der Waals surface area contributed by atoms with Gasteiger partial charge in [-0.25, -0.2) is 4.98 Å². The molecule has 8 heteroatoms. The van der Waals surface area contributed by atoms with E-state index in [1.807, 2.05) is 6.92 Å². The van der Waals surface area contributed by atoms with Gasteiger partial charge >= 0.3 is 0 Å². The summed E-state index contributed by atoms with van der Waals surface area (Å²) in [5.74, 6) is -0.795. The molecule has 0 saturated heterocycles. The number of pyridine rings is 2. The Morgan fingerprint density at radius 2 is 1.88 bits per heavy atom. The molecule has 1 aliphatic rings. The standard InChI is InChI=1S/C18H14N4O4/c1-8-3-4-9-11(5-6-12(26-2)15(9)20-8)22-13(23)7-10-14(16(22)19)18(25)21-17(10)24/h3-7H,19H2,1-2H3,(H,21,24,25). The van der Waals surface area contributed by atoms with E-state index < -0.39 is 17.4 Å². The molecule has 0 atom stereocenters. The molecule has 2 amide bonds. The second kappa shape index (κ2) is 5.41. The van der Waals surface area contributed by atoms with E-state index in [1.165, 1.54) is 11.7 Å². The van der Waals surface area contributed by atoms with Crippen LogP contribution in [0.25, 0.3) is 16.6 Å². The van der Waals surface area contributed by atoms with Crippen LogP contribution in [-0.4, -0.2) is 28.5 Å². The zero-order chi connectivity index (χ0) is 18.6. The summed E-state index contributed by atoms with van der Waals surface area (Å²) < 4.78 is 6.55. The maximum atomic E-state index is 12.7. The van der Waals surface area contributed by atoms with E-state index >= 15 is 0 Å². The van der Waals surface area contributed by atoms with Crippen molar-refractivity contribution in [1.29, 1.82) is 0 Å². The number of ether oxygens (including phenoxy) is 1. The van der Waals surface area contributed by atoms with Crippen molar-refractivity contribution in [3.63, 3.8) is 0 Å². The summed E-state index contributed by atoms with van der Waals surface area (Å²) in [5, 5.41) is 2.78. The van der Waals surface area contributed by atoms with Crippen molar-refractivity contribution in [3.05, 3.63) is 57.5 Å². The second-order valence-electron chi connectivity index (χ2n) is 5.91. The number of aryl methyl sites for hydroxylation is 1. The van der Waals surface area contributed by atoms with Crippen LogP contribution >= 0.6 is 0 Å². The van der Waals surface area contributed by atoms with Crippen LogP contribution in [0.2, 0.25) is 0 Å². The number of hydrogen-bond acceptors (Lipinski definition) is 6. The SMILES string of the molecule is COc1ccc(-n2c(N)c3c(cc2=O)C(=O)NC3=O)c2ccc(C)nc12. The summed E-state index contributed by atoms with van der Waals surface area (Å²) in [6, 6.07) is 8.06. The molecule has 0 radical (unpaired) electrons. The topological polar surface area (TPSA) is 116 Å². The Hall–Kier alpha value is -3.68. The minimum atomic E-state index is -0.627. The van der Waals surface area contributed by atoms with Crippen molar-refractivity contribution in [2.24, 2.45) is 0 Å². The molecular weight excluding hydrogens is 336 g/mol. The lowest BCUT2D eigenvalue weighted by atomic mass is 10.1. The highest BCUT2D eigenvalue weighted by molar-refractivity contribution is 6.23. The minimum absolute atomic E-state index is 0.00126. The van der Waals surface area contributed by atoms with Gasteiger partial charge in [-0.05, 0) is 31.2 Å². The molecule has 2 aromatic heterocycles. The molecule has 8 nitrogen and oxygen atoms in total. The Morgan fingerprint density at radius 3 is 2.62 bits per heavy atom. The van der Waals surface area contributed by atoms with Gasteiger partial charge in [-0.15, -0.1) is 0 Å². The maximum Gasteiger partial charge on any atom is 0.262 e. The fourth-order valence-corrected chi connectivity index (χ4v) is 3.16. The summed E-state index contributed by atoms with van der Waals surface area (Å²) in [6.45, 7) is 1.84. The van der Waals surface area contributed by atoms with Gasteiger partial charge in [0.05, 0.1) is 23.9 Å². The van der Waals surface area contributed by atoms with Gasteiger partial charge in [-0.1, -0.05) is 0 Å². The lowest BCUT2D eigenvalue weighted by molar-refractivity contribution is 0.0880. The third-order valence-electron chi connectivity index (χ3n) is 4.35. The first-order valence-electron chi connectivity index (χ1n) is 7.78. The molecular formula is C18H14N4O4. The molecule has 0 unspecified atom stereocenters. The zero-order valence-electron chi connectivity index (χ0n) is 14.0. The number of carbonyl (C=O) groups is 2. The first-order valence-corrected chi connectivity index (χ1v) is 7.78. The average Bonchev–Trinajstić information content (AvgIpc) is 2.88. The monoisotopic (exact) mass is 350 g/mol. The van der Waals surface area contributed by atoms with E-state index in [9.17, 15) is 14.4 Å². The molecule has 1 aliphatic heterocycles. The molecule has 0 saturated carbocycles. The van der Waals surface area contributed by atoms with Crippen molar-refractivity contribution >= 4 is 28.5 Å². The lowest BCUT2D eigenvalue weighted by Crippen LogP contribution is -2.24. The summed E-state index contributed by atoms with van der Waals surface area (Å²) in [5.41, 5.74) is 7.38. The Labute approximate surface area is 147 Å². The van der Waals surface area contributed by atoms with Crippen molar-refractivity contribution < 1.29 is 14.3 Å². The van der Waals surface area contributed by atoms with Crippen LogP contribution in [0.5, 0.6) is 5.75 Å². The van der Waals surface area contributed by atoms with Crippen LogP contribution in [0.3, 0.4) is 0 Å². The smallest absolute Gasteiger partial charge is 0.262 e. The van der Waals surface area contributed by atoms with Gasteiger partial charge in [0.25, 0.3) is 17.4 Å². The highest BCUT2D eigenvalue weighted by Crippen LogP contribution is 2.31. The van der Waals surface area contributed by atoms with E-state index in [1.54, 1.807) is 24.3 Å². The summed E-state index contributed by atoms with van der Waals surface area (Å²) in [7, 11) is 1.53. The summed E-state index contributed by atoms with van der Waals surface area (Å²) in [4.78, 5) is 41.0. The molecule has 26 heavy (non-hydrogen) atoms. The summed E-state index contributed by atoms with van der Waals surface area (Å²) in [6.07, 6.45) is 0. The largest absolute Gasteiger partial charge is 0.494 e. The Morgan fingerprint density at radius 1 is 1.12 bits per heavy atom. The predicted octanol–water partition coefficient (Wildman–Crippen LogP) is 1.17. The van der Waals surface area contributed by atoms with E-state index in [0.717, 1.165) is 11.8 Å². The fraction of sp³-hybridized carbons (Fsp3) is 0.111. The number of aromatic nitrogens is 2. The van der Waals surface area contributed by atoms with Crippen LogP contribution in [0.4, 0.5) is 5.82 Å². The van der Waals surface area contributed by atoms with Crippen molar-refractivity contribution in [2.45, 2.75) is 6.92 Å². The quantitative estimate of drug-likeness (QED) is 0.670. The van der Waals surface area contributed by atoms with E-state index in [0.29, 0.717) is 22.3 Å². The van der Waals surface area contributed by atoms with Gasteiger partial charge in [0.1, 0.15) is 17.1 Å². The summed E-state index contributed by atoms with van der Waals surface area (Å²) >= 11 is 0. The second-order valence-corrected chi connectivity index (χ2v) is 5.91. The van der Waals surface area contributed by atoms with Crippen LogP contribution in [-0.2, 0) is 0 Å². The molecule has 0 spiro atoms. The molecule has 4 rings (SSSR count). The number of hydrogen-bond donors (Lipinski definition) is 2. The fourth-order valence-electron chi connectivity index (χ4n) is 3.16. The number of nitrogen functional groups attached to an aromatic ring is 1. The number of amides is 2. The van der Waals surface area contributed by atoms with Gasteiger partial charge in [0.2, 0.25) is 0 Å². The molecule has 3 aromatic rings. The first kappa shape index (κ1) is 15.8. The number of carbonyl (C=O) groups excluding carboxylic acids is 2. The third-order valence-corrected chi connectivity index (χ3v) is 4.35. The Kier molecular flexibility index (Phi) is 3.30.